The Morgan fingerprint density at radius 2 is 2.14 bits per heavy atom. The predicted molar refractivity (Wildman–Crippen MR) is 85.5 cm³/mol. The molecule has 118 valence electrons. The maximum Gasteiger partial charge on any atom is 0.251 e. The van der Waals surface area contributed by atoms with Crippen LogP contribution in [0.4, 0.5) is 0 Å². The molecule has 2 N–H and O–H groups in total. The summed E-state index contributed by atoms with van der Waals surface area (Å²) < 4.78 is 10.7. The molecule has 0 heterocycles. The van der Waals surface area contributed by atoms with Crippen LogP contribution in [0.15, 0.2) is 18.2 Å². The fourth-order valence-corrected chi connectivity index (χ4v) is 2.53. The summed E-state index contributed by atoms with van der Waals surface area (Å²) in [7, 11) is 1.56. The molecule has 0 aromatic heterocycles. The van der Waals surface area contributed by atoms with E-state index in [0.717, 1.165) is 0 Å². The fraction of sp³-hybridized carbons (Fsp3) is 0.533. The second-order valence-corrected chi connectivity index (χ2v) is 5.59. The van der Waals surface area contributed by atoms with Crippen molar-refractivity contribution >= 4 is 17.7 Å². The number of carbonyl (C=O) groups is 1. The summed E-state index contributed by atoms with van der Waals surface area (Å²) in [6, 6.07) is 4.94. The summed E-state index contributed by atoms with van der Waals surface area (Å²) in [5, 5.41) is 12.1. The summed E-state index contributed by atoms with van der Waals surface area (Å²) in [6.07, 6.45) is 1.91. The lowest BCUT2D eigenvalue weighted by Gasteiger charge is -2.21. The molecular formula is C15H23NO4S. The van der Waals surface area contributed by atoms with Gasteiger partial charge in [0.15, 0.2) is 11.5 Å². The van der Waals surface area contributed by atoms with Gasteiger partial charge in [-0.2, -0.15) is 11.8 Å². The zero-order chi connectivity index (χ0) is 15.8. The zero-order valence-electron chi connectivity index (χ0n) is 12.9. The number of amides is 1. The third-order valence-corrected chi connectivity index (χ3v) is 4.29. The SMILES string of the molecule is CCOc1cc(C(=O)NC(C)C(CO)SC)ccc1OC. The first kappa shape index (κ1) is 17.7. The normalized spacial score (nSPS) is 13.4. The molecule has 0 bridgehead atoms. The quantitative estimate of drug-likeness (QED) is 0.767. The summed E-state index contributed by atoms with van der Waals surface area (Å²) >= 11 is 1.52. The van der Waals surface area contributed by atoms with Gasteiger partial charge in [0.05, 0.1) is 20.3 Å². The van der Waals surface area contributed by atoms with Crippen LogP contribution in [0.1, 0.15) is 24.2 Å². The van der Waals surface area contributed by atoms with Gasteiger partial charge < -0.3 is 19.9 Å². The summed E-state index contributed by atoms with van der Waals surface area (Å²) in [5.41, 5.74) is 0.504. The van der Waals surface area contributed by atoms with E-state index in [-0.39, 0.29) is 23.8 Å². The average molecular weight is 313 g/mol. The van der Waals surface area contributed by atoms with E-state index in [1.807, 2.05) is 20.1 Å². The number of aliphatic hydroxyl groups excluding tert-OH is 1. The lowest BCUT2D eigenvalue weighted by atomic mass is 10.1. The number of benzene rings is 1. The van der Waals surface area contributed by atoms with E-state index in [1.54, 1.807) is 25.3 Å². The molecule has 0 aliphatic rings. The Kier molecular flexibility index (Phi) is 7.39. The monoisotopic (exact) mass is 313 g/mol. The van der Waals surface area contributed by atoms with E-state index >= 15 is 0 Å². The number of hydrogen-bond acceptors (Lipinski definition) is 5. The molecule has 1 aromatic carbocycles. The van der Waals surface area contributed by atoms with Crippen molar-refractivity contribution in [2.45, 2.75) is 25.1 Å². The van der Waals surface area contributed by atoms with Crippen molar-refractivity contribution in [1.29, 1.82) is 0 Å². The lowest BCUT2D eigenvalue weighted by molar-refractivity contribution is 0.0935. The Morgan fingerprint density at radius 1 is 1.43 bits per heavy atom. The van der Waals surface area contributed by atoms with Gasteiger partial charge in [-0.3, -0.25) is 4.79 Å². The van der Waals surface area contributed by atoms with Gasteiger partial charge in [-0.05, 0) is 38.3 Å². The molecule has 2 atom stereocenters. The molecular weight excluding hydrogens is 290 g/mol. The lowest BCUT2D eigenvalue weighted by Crippen LogP contribution is -2.41. The van der Waals surface area contributed by atoms with E-state index < -0.39 is 0 Å². The van der Waals surface area contributed by atoms with E-state index in [4.69, 9.17) is 9.47 Å². The minimum atomic E-state index is -0.196. The fourth-order valence-electron chi connectivity index (χ4n) is 1.91. The van der Waals surface area contributed by atoms with Crippen LogP contribution in [0, 0.1) is 0 Å². The predicted octanol–water partition coefficient (Wildman–Crippen LogP) is 1.94. The molecule has 1 aromatic rings. The Morgan fingerprint density at radius 3 is 2.67 bits per heavy atom. The van der Waals surface area contributed by atoms with Crippen LogP contribution in [-0.4, -0.2) is 48.9 Å². The van der Waals surface area contributed by atoms with Crippen LogP contribution in [-0.2, 0) is 0 Å². The van der Waals surface area contributed by atoms with Gasteiger partial charge in [-0.1, -0.05) is 0 Å². The number of thioether (sulfide) groups is 1. The molecule has 0 aliphatic heterocycles. The number of aliphatic hydroxyl groups is 1. The molecule has 0 saturated carbocycles. The highest BCUT2D eigenvalue weighted by Gasteiger charge is 2.19. The van der Waals surface area contributed by atoms with Crippen LogP contribution >= 0.6 is 11.8 Å². The number of rotatable bonds is 8. The number of hydrogen-bond donors (Lipinski definition) is 2. The Balaban J connectivity index is 2.85. The molecule has 0 aliphatic carbocycles. The largest absolute Gasteiger partial charge is 0.493 e. The van der Waals surface area contributed by atoms with Crippen molar-refractivity contribution in [3.8, 4) is 11.5 Å². The molecule has 0 saturated heterocycles. The zero-order valence-corrected chi connectivity index (χ0v) is 13.7. The van der Waals surface area contributed by atoms with Gasteiger partial charge in [-0.15, -0.1) is 0 Å². The second kappa shape index (κ2) is 8.79. The van der Waals surface area contributed by atoms with Crippen molar-refractivity contribution in [2.75, 3.05) is 26.6 Å². The molecule has 0 spiro atoms. The van der Waals surface area contributed by atoms with E-state index in [1.165, 1.54) is 11.8 Å². The van der Waals surface area contributed by atoms with E-state index in [9.17, 15) is 9.90 Å². The maximum atomic E-state index is 12.2. The molecule has 6 heteroatoms. The highest BCUT2D eigenvalue weighted by Crippen LogP contribution is 2.28. The highest BCUT2D eigenvalue weighted by molar-refractivity contribution is 7.99. The Labute approximate surface area is 130 Å². The molecule has 1 amide bonds. The van der Waals surface area contributed by atoms with Crippen LogP contribution in [0.25, 0.3) is 0 Å². The van der Waals surface area contributed by atoms with Crippen LogP contribution < -0.4 is 14.8 Å². The molecule has 0 fully saturated rings. The van der Waals surface area contributed by atoms with Crippen LogP contribution in [0.2, 0.25) is 0 Å². The Hall–Kier alpha value is -1.40. The van der Waals surface area contributed by atoms with Crippen molar-refractivity contribution < 1.29 is 19.4 Å². The van der Waals surface area contributed by atoms with E-state index in [0.29, 0.717) is 23.7 Å². The van der Waals surface area contributed by atoms with Crippen molar-refractivity contribution in [1.82, 2.24) is 5.32 Å². The smallest absolute Gasteiger partial charge is 0.251 e. The van der Waals surface area contributed by atoms with Crippen LogP contribution in [0.5, 0.6) is 11.5 Å². The summed E-state index contributed by atoms with van der Waals surface area (Å²) in [5.74, 6) is 0.946. The number of methoxy groups -OCH3 is 1. The second-order valence-electron chi connectivity index (χ2n) is 4.52. The van der Waals surface area contributed by atoms with E-state index in [2.05, 4.69) is 5.32 Å². The minimum absolute atomic E-state index is 0.0232. The van der Waals surface area contributed by atoms with Gasteiger partial charge in [0.2, 0.25) is 0 Å². The van der Waals surface area contributed by atoms with Gasteiger partial charge in [0.25, 0.3) is 5.91 Å². The topological polar surface area (TPSA) is 67.8 Å². The number of ether oxygens (including phenoxy) is 2. The molecule has 5 nitrogen and oxygen atoms in total. The van der Waals surface area contributed by atoms with Gasteiger partial charge in [-0.25, -0.2) is 0 Å². The third kappa shape index (κ3) is 4.82. The molecule has 0 radical (unpaired) electrons. The number of nitrogens with one attached hydrogen (secondary N) is 1. The summed E-state index contributed by atoms with van der Waals surface area (Å²) in [6.45, 7) is 4.27. The first-order valence-electron chi connectivity index (χ1n) is 6.82. The van der Waals surface area contributed by atoms with Crippen molar-refractivity contribution in [3.63, 3.8) is 0 Å². The van der Waals surface area contributed by atoms with Crippen molar-refractivity contribution in [2.24, 2.45) is 0 Å². The maximum absolute atomic E-state index is 12.2. The highest BCUT2D eigenvalue weighted by atomic mass is 32.2. The van der Waals surface area contributed by atoms with Gasteiger partial charge in [0, 0.05) is 16.9 Å². The Bertz CT molecular complexity index is 463. The van der Waals surface area contributed by atoms with Crippen LogP contribution in [0.3, 0.4) is 0 Å². The third-order valence-electron chi connectivity index (χ3n) is 3.12. The first-order valence-corrected chi connectivity index (χ1v) is 8.11. The first-order chi connectivity index (χ1) is 10.1. The van der Waals surface area contributed by atoms with Gasteiger partial charge >= 0.3 is 0 Å². The molecule has 2 unspecified atom stereocenters. The minimum Gasteiger partial charge on any atom is -0.493 e. The molecule has 21 heavy (non-hydrogen) atoms. The number of carbonyl (C=O) groups excluding carboxylic acids is 1. The van der Waals surface area contributed by atoms with Crippen molar-refractivity contribution in [3.05, 3.63) is 23.8 Å². The summed E-state index contributed by atoms with van der Waals surface area (Å²) in [4.78, 5) is 12.2. The van der Waals surface area contributed by atoms with Gasteiger partial charge in [0.1, 0.15) is 0 Å². The standard InChI is InChI=1S/C15H23NO4S/c1-5-20-13-8-11(6-7-12(13)19-3)15(18)16-10(2)14(9-17)21-4/h6-8,10,14,17H,5,9H2,1-4H3,(H,16,18). The molecule has 1 rings (SSSR count). The average Bonchev–Trinajstić information content (AvgIpc) is 2.48.